The second kappa shape index (κ2) is 11.7. The van der Waals surface area contributed by atoms with Crippen LogP contribution in [0.3, 0.4) is 0 Å². The summed E-state index contributed by atoms with van der Waals surface area (Å²) >= 11 is 0. The predicted octanol–water partition coefficient (Wildman–Crippen LogP) is 6.61. The van der Waals surface area contributed by atoms with Crippen LogP contribution in [0.5, 0.6) is 0 Å². The Morgan fingerprint density at radius 2 is 0.553 bits per heavy atom. The molecule has 0 aromatic rings. The van der Waals surface area contributed by atoms with Gasteiger partial charge in [0.25, 0.3) is 0 Å². The first-order valence-corrected chi connectivity index (χ1v) is 16.2. The largest absolute Gasteiger partial charge is 0.304 e. The van der Waals surface area contributed by atoms with Crippen molar-refractivity contribution in [2.24, 2.45) is 0 Å². The highest BCUT2D eigenvalue weighted by Gasteiger charge is 2.42. The highest BCUT2D eigenvalue weighted by atomic mass is 15.1. The molecule has 8 bridgehead atoms. The minimum Gasteiger partial charge on any atom is -0.304 e. The first-order valence-electron chi connectivity index (χ1n) is 16.2. The fraction of sp³-hybridized carbons (Fsp3) is 0.765. The lowest BCUT2D eigenvalue weighted by atomic mass is 9.88. The van der Waals surface area contributed by atoms with Crippen molar-refractivity contribution < 1.29 is 0 Å². The van der Waals surface area contributed by atoms with Crippen molar-refractivity contribution in [3.63, 3.8) is 0 Å². The number of rotatable bonds is 6. The average Bonchev–Trinajstić information content (AvgIpc) is 3.61. The van der Waals surface area contributed by atoms with Gasteiger partial charge in [-0.05, 0) is 78.1 Å². The Labute approximate surface area is 233 Å². The van der Waals surface area contributed by atoms with Gasteiger partial charge < -0.3 is 21.3 Å². The van der Waals surface area contributed by atoms with Gasteiger partial charge in [0.2, 0.25) is 0 Å². The molecule has 1 fully saturated rings. The molecule has 1 saturated heterocycles. The van der Waals surface area contributed by atoms with Crippen molar-refractivity contribution in [3.05, 3.63) is 44.6 Å². The summed E-state index contributed by atoms with van der Waals surface area (Å²) in [5.41, 5.74) is 13.4. The third-order valence-corrected chi connectivity index (χ3v) is 11.2. The molecule has 0 aliphatic carbocycles. The number of nitrogens with one attached hydrogen (secondary N) is 4. The molecule has 5 aliphatic rings. The summed E-state index contributed by atoms with van der Waals surface area (Å²) in [5.74, 6) is 0. The molecule has 0 spiro atoms. The van der Waals surface area contributed by atoms with Crippen LogP contribution in [0.4, 0.5) is 0 Å². The minimum absolute atomic E-state index is 0.479. The van der Waals surface area contributed by atoms with Gasteiger partial charge in [0.1, 0.15) is 0 Å². The monoisotopic (exact) mass is 520 g/mol. The van der Waals surface area contributed by atoms with Crippen LogP contribution in [0.15, 0.2) is 44.6 Å². The van der Waals surface area contributed by atoms with Crippen molar-refractivity contribution in [1.82, 2.24) is 21.3 Å². The molecule has 0 aromatic heterocycles. The zero-order valence-electron chi connectivity index (χ0n) is 25.7. The number of hydrogen-bond donors (Lipinski definition) is 4. The van der Waals surface area contributed by atoms with E-state index in [-0.39, 0.29) is 0 Å². The normalized spacial score (nSPS) is 37.9. The summed E-state index contributed by atoms with van der Waals surface area (Å²) in [4.78, 5) is 0. The van der Waals surface area contributed by atoms with E-state index in [1.165, 1.54) is 64.2 Å². The van der Waals surface area contributed by atoms with Crippen LogP contribution in [-0.2, 0) is 0 Å². The van der Waals surface area contributed by atoms with E-state index in [4.69, 9.17) is 0 Å². The molecule has 0 radical (unpaired) electrons. The quantitative estimate of drug-likeness (QED) is 0.298. The Kier molecular flexibility index (Phi) is 8.74. The Morgan fingerprint density at radius 1 is 0.368 bits per heavy atom. The van der Waals surface area contributed by atoms with Crippen LogP contribution in [0.2, 0.25) is 0 Å². The minimum atomic E-state index is 0.479. The second-order valence-corrected chi connectivity index (χ2v) is 12.7. The van der Waals surface area contributed by atoms with Crippen molar-refractivity contribution in [3.8, 4) is 0 Å². The molecular formula is C34H56N4. The lowest BCUT2D eigenvalue weighted by Gasteiger charge is -2.28. The SMILES string of the molecule is CCC1=C(CC)C2CC3NC(CC4NC(CC5NC(CC1N2)C(C)=C5C)C(CC)=C4CC)C(CC)=C3CC. The predicted molar refractivity (Wildman–Crippen MR) is 163 cm³/mol. The summed E-state index contributed by atoms with van der Waals surface area (Å²) in [7, 11) is 0. The molecule has 5 rings (SSSR count). The van der Waals surface area contributed by atoms with E-state index in [1.54, 1.807) is 44.6 Å². The smallest absolute Gasteiger partial charge is 0.0306 e. The van der Waals surface area contributed by atoms with Crippen LogP contribution in [-0.4, -0.2) is 48.3 Å². The highest BCUT2D eigenvalue weighted by Crippen LogP contribution is 2.40. The molecule has 38 heavy (non-hydrogen) atoms. The van der Waals surface area contributed by atoms with Gasteiger partial charge in [-0.15, -0.1) is 0 Å². The molecule has 0 amide bonds. The maximum atomic E-state index is 4.22. The van der Waals surface area contributed by atoms with E-state index < -0.39 is 0 Å². The van der Waals surface area contributed by atoms with Gasteiger partial charge in [-0.1, -0.05) is 86.1 Å². The van der Waals surface area contributed by atoms with Gasteiger partial charge in [0.05, 0.1) is 0 Å². The summed E-state index contributed by atoms with van der Waals surface area (Å²) in [6.07, 6.45) is 11.8. The van der Waals surface area contributed by atoms with Gasteiger partial charge in [0.15, 0.2) is 0 Å². The van der Waals surface area contributed by atoms with Crippen LogP contribution in [0.25, 0.3) is 0 Å². The van der Waals surface area contributed by atoms with Crippen LogP contribution in [0.1, 0.15) is 120 Å². The zero-order chi connectivity index (χ0) is 27.1. The van der Waals surface area contributed by atoms with E-state index in [2.05, 4.69) is 76.7 Å². The molecular weight excluding hydrogens is 464 g/mol. The van der Waals surface area contributed by atoms with Crippen molar-refractivity contribution in [1.29, 1.82) is 0 Å². The number of hydrogen-bond acceptors (Lipinski definition) is 4. The molecule has 0 saturated carbocycles. The number of fused-ring (bicyclic) bond motifs is 8. The average molecular weight is 521 g/mol. The molecule has 212 valence electrons. The maximum Gasteiger partial charge on any atom is 0.0306 e. The Hall–Kier alpha value is -1.20. The van der Waals surface area contributed by atoms with Gasteiger partial charge >= 0.3 is 0 Å². The first kappa shape index (κ1) is 28.3. The maximum absolute atomic E-state index is 4.22. The Bertz CT molecular complexity index is 951. The molecule has 4 heteroatoms. The van der Waals surface area contributed by atoms with E-state index in [0.29, 0.717) is 48.3 Å². The molecule has 0 aromatic carbocycles. The second-order valence-electron chi connectivity index (χ2n) is 12.7. The Morgan fingerprint density at radius 3 is 0.763 bits per heavy atom. The lowest BCUT2D eigenvalue weighted by molar-refractivity contribution is 0.376. The molecule has 4 N–H and O–H groups in total. The van der Waals surface area contributed by atoms with E-state index in [1.807, 2.05) is 0 Å². The third kappa shape index (κ3) is 4.82. The van der Waals surface area contributed by atoms with E-state index in [9.17, 15) is 0 Å². The lowest BCUT2D eigenvalue weighted by Crippen LogP contribution is -2.46. The van der Waals surface area contributed by atoms with E-state index >= 15 is 0 Å². The van der Waals surface area contributed by atoms with Gasteiger partial charge in [-0.2, -0.15) is 0 Å². The Balaban J connectivity index is 1.54. The molecule has 8 unspecified atom stereocenters. The van der Waals surface area contributed by atoms with Crippen LogP contribution in [0, 0.1) is 0 Å². The van der Waals surface area contributed by atoms with Gasteiger partial charge in [-0.25, -0.2) is 0 Å². The summed E-state index contributed by atoms with van der Waals surface area (Å²) in [6, 6.07) is 3.94. The summed E-state index contributed by atoms with van der Waals surface area (Å²) < 4.78 is 0. The van der Waals surface area contributed by atoms with Crippen molar-refractivity contribution in [2.45, 2.75) is 168 Å². The summed E-state index contributed by atoms with van der Waals surface area (Å²) in [6.45, 7) is 19.1. The first-order chi connectivity index (χ1) is 18.4. The zero-order valence-corrected chi connectivity index (χ0v) is 25.7. The van der Waals surface area contributed by atoms with Crippen molar-refractivity contribution in [2.75, 3.05) is 0 Å². The molecule has 5 aliphatic heterocycles. The third-order valence-electron chi connectivity index (χ3n) is 11.2. The fourth-order valence-corrected chi connectivity index (χ4v) is 9.25. The molecule has 8 atom stereocenters. The van der Waals surface area contributed by atoms with E-state index in [0.717, 1.165) is 0 Å². The van der Waals surface area contributed by atoms with Crippen LogP contribution < -0.4 is 21.3 Å². The standard InChI is InChI=1S/C34H56N4/c1-9-21-23(11-3)31-17-33-25(13-5)26(14-6)34(38-33)18-32-24(12-4)22(10-2)30(37-32)16-28-20(8)19(7)27(35-28)15-29(21)36-31/h27-38H,9-18H2,1-8H3. The van der Waals surface area contributed by atoms with Crippen molar-refractivity contribution >= 4 is 0 Å². The summed E-state index contributed by atoms with van der Waals surface area (Å²) in [5, 5.41) is 16.7. The fourth-order valence-electron chi connectivity index (χ4n) is 9.25. The molecule has 4 nitrogen and oxygen atoms in total. The molecule has 5 heterocycles. The van der Waals surface area contributed by atoms with Gasteiger partial charge in [-0.3, -0.25) is 0 Å². The highest BCUT2D eigenvalue weighted by molar-refractivity contribution is 5.40. The van der Waals surface area contributed by atoms with Crippen LogP contribution >= 0.6 is 0 Å². The topological polar surface area (TPSA) is 48.1 Å². The van der Waals surface area contributed by atoms with Gasteiger partial charge in [0, 0.05) is 48.3 Å².